The number of hydrogen-bond acceptors (Lipinski definition) is 1. The minimum absolute atomic E-state index is 0.538. The number of unbranched alkanes of at least 4 members (excludes halogenated alkanes) is 1. The average Bonchev–Trinajstić information content (AvgIpc) is 2.30. The number of nitrogens with zero attached hydrogens (tertiary/aromatic N) is 1. The number of likely N-dealkylation sites (tertiary alicyclic amines) is 1. The van der Waals surface area contributed by atoms with E-state index in [2.05, 4.69) is 25.8 Å². The summed E-state index contributed by atoms with van der Waals surface area (Å²) in [4.78, 5) is 2.53. The summed E-state index contributed by atoms with van der Waals surface area (Å²) in [5.74, 6) is 0. The highest BCUT2D eigenvalue weighted by molar-refractivity contribution is 4.89. The molecule has 0 aliphatic carbocycles. The third-order valence-corrected chi connectivity index (χ3v) is 3.20. The van der Waals surface area contributed by atoms with Crippen LogP contribution in [0.25, 0.3) is 0 Å². The van der Waals surface area contributed by atoms with Crippen molar-refractivity contribution in [3.05, 3.63) is 0 Å². The molecule has 0 saturated carbocycles. The molecule has 66 valence electrons. The molecule has 0 N–H and O–H groups in total. The first kappa shape index (κ1) is 9.05. The lowest BCUT2D eigenvalue weighted by molar-refractivity contribution is 0.178. The van der Waals surface area contributed by atoms with Gasteiger partial charge in [-0.25, -0.2) is 0 Å². The number of hydrogen-bond donors (Lipinski definition) is 0. The van der Waals surface area contributed by atoms with Crippen LogP contribution in [0.3, 0.4) is 0 Å². The van der Waals surface area contributed by atoms with Crippen LogP contribution < -0.4 is 0 Å². The van der Waals surface area contributed by atoms with Crippen molar-refractivity contribution >= 4 is 0 Å². The van der Waals surface area contributed by atoms with Crippen LogP contribution in [0, 0.1) is 0 Å². The fraction of sp³-hybridized carbons (Fsp3) is 1.00. The summed E-state index contributed by atoms with van der Waals surface area (Å²) in [7, 11) is 2.27. The van der Waals surface area contributed by atoms with E-state index in [0.29, 0.717) is 5.54 Å². The molecule has 1 aliphatic heterocycles. The SMILES string of the molecule is CCCCC1(C)CCCN1C. The molecule has 11 heavy (non-hydrogen) atoms. The molecule has 0 spiro atoms. The highest BCUT2D eigenvalue weighted by Gasteiger charge is 2.32. The van der Waals surface area contributed by atoms with Gasteiger partial charge in [0, 0.05) is 5.54 Å². The molecular formula is C10H21N. The lowest BCUT2D eigenvalue weighted by Crippen LogP contribution is -2.37. The van der Waals surface area contributed by atoms with Gasteiger partial charge < -0.3 is 4.90 Å². The van der Waals surface area contributed by atoms with Gasteiger partial charge in [-0.15, -0.1) is 0 Å². The van der Waals surface area contributed by atoms with Crippen molar-refractivity contribution in [2.45, 2.75) is 51.5 Å². The Morgan fingerprint density at radius 1 is 1.45 bits per heavy atom. The van der Waals surface area contributed by atoms with E-state index in [1.165, 1.54) is 38.6 Å². The molecule has 0 aromatic rings. The monoisotopic (exact) mass is 155 g/mol. The Morgan fingerprint density at radius 2 is 2.18 bits per heavy atom. The first-order chi connectivity index (χ1) is 5.19. The Kier molecular flexibility index (Phi) is 2.94. The average molecular weight is 155 g/mol. The summed E-state index contributed by atoms with van der Waals surface area (Å²) in [6.45, 7) is 5.99. The van der Waals surface area contributed by atoms with Crippen LogP contribution in [-0.2, 0) is 0 Å². The van der Waals surface area contributed by atoms with Crippen LogP contribution in [0.4, 0.5) is 0 Å². The molecule has 0 radical (unpaired) electrons. The molecule has 0 aromatic carbocycles. The fourth-order valence-electron chi connectivity index (χ4n) is 2.03. The summed E-state index contributed by atoms with van der Waals surface area (Å²) in [6.07, 6.45) is 6.92. The molecule has 1 aliphatic rings. The molecule has 1 heteroatoms. The van der Waals surface area contributed by atoms with Gasteiger partial charge in [-0.2, -0.15) is 0 Å². The van der Waals surface area contributed by atoms with E-state index in [9.17, 15) is 0 Å². The first-order valence-electron chi connectivity index (χ1n) is 4.90. The van der Waals surface area contributed by atoms with E-state index < -0.39 is 0 Å². The van der Waals surface area contributed by atoms with Gasteiger partial charge in [0.15, 0.2) is 0 Å². The van der Waals surface area contributed by atoms with Gasteiger partial charge in [-0.1, -0.05) is 19.8 Å². The summed E-state index contributed by atoms with van der Waals surface area (Å²) < 4.78 is 0. The van der Waals surface area contributed by atoms with Crippen molar-refractivity contribution < 1.29 is 0 Å². The maximum absolute atomic E-state index is 2.53. The summed E-state index contributed by atoms with van der Waals surface area (Å²) in [5.41, 5.74) is 0.538. The fourth-order valence-corrected chi connectivity index (χ4v) is 2.03. The van der Waals surface area contributed by atoms with Gasteiger partial charge in [0.1, 0.15) is 0 Å². The molecule has 1 saturated heterocycles. The first-order valence-corrected chi connectivity index (χ1v) is 4.90. The molecule has 0 aromatic heterocycles. The largest absolute Gasteiger partial charge is 0.301 e. The van der Waals surface area contributed by atoms with Gasteiger partial charge in [0.25, 0.3) is 0 Å². The quantitative estimate of drug-likeness (QED) is 0.605. The predicted octanol–water partition coefficient (Wildman–Crippen LogP) is 2.66. The van der Waals surface area contributed by atoms with Crippen LogP contribution in [0.2, 0.25) is 0 Å². The lowest BCUT2D eigenvalue weighted by Gasteiger charge is -2.32. The van der Waals surface area contributed by atoms with E-state index in [1.54, 1.807) is 0 Å². The Bertz CT molecular complexity index is 122. The van der Waals surface area contributed by atoms with Gasteiger partial charge >= 0.3 is 0 Å². The van der Waals surface area contributed by atoms with E-state index in [4.69, 9.17) is 0 Å². The summed E-state index contributed by atoms with van der Waals surface area (Å²) in [5, 5.41) is 0. The minimum atomic E-state index is 0.538. The molecule has 0 amide bonds. The lowest BCUT2D eigenvalue weighted by atomic mass is 9.92. The molecule has 1 rings (SSSR count). The molecule has 1 fully saturated rings. The standard InChI is InChI=1S/C10H21N/c1-4-5-7-10(2)8-6-9-11(10)3/h4-9H2,1-3H3. The van der Waals surface area contributed by atoms with Crippen LogP contribution in [-0.4, -0.2) is 24.0 Å². The maximum atomic E-state index is 2.53. The molecular weight excluding hydrogens is 134 g/mol. The zero-order valence-electron chi connectivity index (χ0n) is 8.19. The third-order valence-electron chi connectivity index (χ3n) is 3.20. The molecule has 0 bridgehead atoms. The van der Waals surface area contributed by atoms with Crippen molar-refractivity contribution in [1.29, 1.82) is 0 Å². The van der Waals surface area contributed by atoms with Gasteiger partial charge in [-0.05, 0) is 39.8 Å². The molecule has 1 nitrogen and oxygen atoms in total. The topological polar surface area (TPSA) is 3.24 Å². The van der Waals surface area contributed by atoms with E-state index >= 15 is 0 Å². The highest BCUT2D eigenvalue weighted by atomic mass is 15.2. The van der Waals surface area contributed by atoms with Crippen LogP contribution in [0.15, 0.2) is 0 Å². The Morgan fingerprint density at radius 3 is 2.64 bits per heavy atom. The normalized spacial score (nSPS) is 33.0. The second kappa shape index (κ2) is 3.57. The van der Waals surface area contributed by atoms with E-state index in [0.717, 1.165) is 0 Å². The van der Waals surface area contributed by atoms with Crippen LogP contribution >= 0.6 is 0 Å². The van der Waals surface area contributed by atoms with Crippen molar-refractivity contribution in [2.24, 2.45) is 0 Å². The maximum Gasteiger partial charge on any atom is 0.0178 e. The molecule has 1 unspecified atom stereocenters. The van der Waals surface area contributed by atoms with Crippen molar-refractivity contribution in [2.75, 3.05) is 13.6 Å². The van der Waals surface area contributed by atoms with Gasteiger partial charge in [0.05, 0.1) is 0 Å². The zero-order valence-corrected chi connectivity index (χ0v) is 8.19. The Labute approximate surface area is 70.8 Å². The Hall–Kier alpha value is -0.0400. The molecule has 1 heterocycles. The van der Waals surface area contributed by atoms with Crippen LogP contribution in [0.1, 0.15) is 46.0 Å². The third kappa shape index (κ3) is 1.96. The van der Waals surface area contributed by atoms with E-state index in [-0.39, 0.29) is 0 Å². The van der Waals surface area contributed by atoms with Gasteiger partial charge in [-0.3, -0.25) is 0 Å². The second-order valence-electron chi connectivity index (χ2n) is 4.13. The van der Waals surface area contributed by atoms with Crippen LogP contribution in [0.5, 0.6) is 0 Å². The minimum Gasteiger partial charge on any atom is -0.301 e. The molecule has 1 atom stereocenters. The number of rotatable bonds is 3. The summed E-state index contributed by atoms with van der Waals surface area (Å²) >= 11 is 0. The zero-order chi connectivity index (χ0) is 8.32. The Balaban J connectivity index is 2.38. The smallest absolute Gasteiger partial charge is 0.0178 e. The van der Waals surface area contributed by atoms with Crippen molar-refractivity contribution in [1.82, 2.24) is 4.90 Å². The van der Waals surface area contributed by atoms with E-state index in [1.807, 2.05) is 0 Å². The second-order valence-corrected chi connectivity index (χ2v) is 4.13. The van der Waals surface area contributed by atoms with Crippen molar-refractivity contribution in [3.8, 4) is 0 Å². The summed E-state index contributed by atoms with van der Waals surface area (Å²) in [6, 6.07) is 0. The van der Waals surface area contributed by atoms with Crippen molar-refractivity contribution in [3.63, 3.8) is 0 Å². The predicted molar refractivity (Wildman–Crippen MR) is 49.8 cm³/mol. The van der Waals surface area contributed by atoms with Gasteiger partial charge in [0.2, 0.25) is 0 Å². The highest BCUT2D eigenvalue weighted by Crippen LogP contribution is 2.31.